The molecular weight excluding hydrogens is 460 g/mol. The Labute approximate surface area is 201 Å². The van der Waals surface area contributed by atoms with Gasteiger partial charge in [0.1, 0.15) is 0 Å². The van der Waals surface area contributed by atoms with Crippen molar-refractivity contribution in [3.05, 3.63) is 41.0 Å². The molecule has 0 amide bonds. The topological polar surface area (TPSA) is 120 Å². The van der Waals surface area contributed by atoms with E-state index in [1.165, 1.54) is 5.06 Å². The Morgan fingerprint density at radius 1 is 0.971 bits per heavy atom. The molecule has 12 heteroatoms. The Kier molecular flexibility index (Phi) is 6.45. The van der Waals surface area contributed by atoms with Crippen molar-refractivity contribution in [2.45, 2.75) is 19.4 Å². The van der Waals surface area contributed by atoms with Crippen LogP contribution in [0.1, 0.15) is 18.4 Å². The zero-order valence-corrected chi connectivity index (χ0v) is 19.3. The zero-order valence-electron chi connectivity index (χ0n) is 18.5. The number of carbonyl (C=O) groups is 1. The summed E-state index contributed by atoms with van der Waals surface area (Å²) in [6.07, 6.45) is 0.864. The summed E-state index contributed by atoms with van der Waals surface area (Å²) < 4.78 is 0. The Bertz CT molecular complexity index is 1170. The SMILES string of the molecule is O=C(O)ON1CCN(c2nc(N3CCCC3)c3nc(Cl)c(NCc4ccccc4)nc3n2)CC1. The normalized spacial score (nSPS) is 16.7. The van der Waals surface area contributed by atoms with Crippen molar-refractivity contribution in [2.24, 2.45) is 0 Å². The molecule has 2 aliphatic heterocycles. The molecule has 1 aromatic carbocycles. The second kappa shape index (κ2) is 9.82. The first-order valence-corrected chi connectivity index (χ1v) is 11.6. The minimum Gasteiger partial charge on any atom is -0.448 e. The minimum absolute atomic E-state index is 0.277. The molecule has 2 N–H and O–H groups in total. The van der Waals surface area contributed by atoms with Crippen molar-refractivity contribution < 1.29 is 14.7 Å². The molecule has 2 aromatic heterocycles. The predicted octanol–water partition coefficient (Wildman–Crippen LogP) is 3.02. The van der Waals surface area contributed by atoms with Crippen LogP contribution in [0.3, 0.4) is 0 Å². The molecule has 2 fully saturated rings. The maximum atomic E-state index is 10.8. The van der Waals surface area contributed by atoms with Crippen LogP contribution in [0, 0.1) is 0 Å². The van der Waals surface area contributed by atoms with Gasteiger partial charge < -0.3 is 25.1 Å². The van der Waals surface area contributed by atoms with Crippen LogP contribution in [0.15, 0.2) is 30.3 Å². The third-order valence-electron chi connectivity index (χ3n) is 5.90. The largest absolute Gasteiger partial charge is 0.525 e. The van der Waals surface area contributed by atoms with Crippen LogP contribution in [-0.4, -0.2) is 75.5 Å². The molecule has 0 aliphatic carbocycles. The lowest BCUT2D eigenvalue weighted by molar-refractivity contribution is -0.122. The Balaban J connectivity index is 1.45. The van der Waals surface area contributed by atoms with Crippen LogP contribution in [0.2, 0.25) is 5.15 Å². The van der Waals surface area contributed by atoms with Crippen LogP contribution >= 0.6 is 11.6 Å². The van der Waals surface area contributed by atoms with Crippen LogP contribution in [0.25, 0.3) is 11.2 Å². The van der Waals surface area contributed by atoms with Crippen molar-refractivity contribution in [2.75, 3.05) is 54.4 Å². The number of halogens is 1. The van der Waals surface area contributed by atoms with Crippen LogP contribution in [0.4, 0.5) is 22.4 Å². The van der Waals surface area contributed by atoms with Gasteiger partial charge in [0.15, 0.2) is 28.0 Å². The molecule has 0 spiro atoms. The highest BCUT2D eigenvalue weighted by Crippen LogP contribution is 2.30. The summed E-state index contributed by atoms with van der Waals surface area (Å²) in [6, 6.07) is 9.98. The fourth-order valence-corrected chi connectivity index (χ4v) is 4.37. The van der Waals surface area contributed by atoms with Crippen molar-refractivity contribution >= 4 is 46.5 Å². The Morgan fingerprint density at radius 3 is 2.41 bits per heavy atom. The molecule has 0 saturated carbocycles. The van der Waals surface area contributed by atoms with Crippen molar-refractivity contribution in [3.63, 3.8) is 0 Å². The molecule has 0 radical (unpaired) electrons. The number of nitrogens with zero attached hydrogens (tertiary/aromatic N) is 7. The molecule has 0 atom stereocenters. The highest BCUT2D eigenvalue weighted by molar-refractivity contribution is 6.32. The lowest BCUT2D eigenvalue weighted by atomic mass is 10.2. The number of fused-ring (bicyclic) bond motifs is 1. The number of aromatic nitrogens is 4. The van der Waals surface area contributed by atoms with E-state index >= 15 is 0 Å². The number of benzene rings is 1. The first-order chi connectivity index (χ1) is 16.6. The predicted molar refractivity (Wildman–Crippen MR) is 128 cm³/mol. The molecular formula is C22H25ClN8O3. The van der Waals surface area contributed by atoms with E-state index in [1.54, 1.807) is 0 Å². The highest BCUT2D eigenvalue weighted by Gasteiger charge is 2.26. The molecule has 2 aliphatic rings. The maximum absolute atomic E-state index is 10.8. The average molecular weight is 485 g/mol. The summed E-state index contributed by atoms with van der Waals surface area (Å²) in [6.45, 7) is 4.23. The number of nitrogens with one attached hydrogen (secondary N) is 1. The summed E-state index contributed by atoms with van der Waals surface area (Å²) in [7, 11) is 0. The Morgan fingerprint density at radius 2 is 1.71 bits per heavy atom. The third kappa shape index (κ3) is 4.90. The number of hydrogen-bond acceptors (Lipinski definition) is 10. The van der Waals surface area contributed by atoms with E-state index in [9.17, 15) is 4.79 Å². The van der Waals surface area contributed by atoms with E-state index in [4.69, 9.17) is 36.5 Å². The zero-order chi connectivity index (χ0) is 23.5. The van der Waals surface area contributed by atoms with E-state index in [-0.39, 0.29) is 5.15 Å². The highest BCUT2D eigenvalue weighted by atomic mass is 35.5. The van der Waals surface area contributed by atoms with Crippen LogP contribution in [0.5, 0.6) is 0 Å². The van der Waals surface area contributed by atoms with Gasteiger partial charge in [0.05, 0.1) is 13.1 Å². The maximum Gasteiger partial charge on any atom is 0.525 e. The molecule has 11 nitrogen and oxygen atoms in total. The van der Waals surface area contributed by atoms with E-state index < -0.39 is 6.16 Å². The molecule has 0 unspecified atom stereocenters. The van der Waals surface area contributed by atoms with E-state index in [1.807, 2.05) is 35.2 Å². The van der Waals surface area contributed by atoms with E-state index in [0.717, 1.165) is 37.3 Å². The first-order valence-electron chi connectivity index (χ1n) is 11.3. The summed E-state index contributed by atoms with van der Waals surface area (Å²) in [5.41, 5.74) is 2.15. The quantitative estimate of drug-likeness (QED) is 0.537. The molecule has 5 rings (SSSR count). The van der Waals surface area contributed by atoms with Crippen molar-refractivity contribution in [1.29, 1.82) is 0 Å². The number of hydrogen-bond donors (Lipinski definition) is 2. The standard InChI is InChI=1S/C22H25ClN8O3/c23-17-19(24-14-15-6-2-1-3-7-15)26-18-16(25-17)20(29-8-4-5-9-29)28-21(27-18)30-10-12-31(13-11-30)34-22(32)33/h1-3,6-7H,4-5,8-14H2,(H,32,33)(H,24,26,27,28). The smallest absolute Gasteiger partial charge is 0.448 e. The average Bonchev–Trinajstić information content (AvgIpc) is 3.38. The van der Waals surface area contributed by atoms with Crippen molar-refractivity contribution in [1.82, 2.24) is 25.0 Å². The summed E-state index contributed by atoms with van der Waals surface area (Å²) >= 11 is 6.51. The lowest BCUT2D eigenvalue weighted by Gasteiger charge is -2.33. The van der Waals surface area contributed by atoms with Gasteiger partial charge in [-0.1, -0.05) is 41.9 Å². The number of carboxylic acid groups (broad SMARTS) is 1. The fourth-order valence-electron chi connectivity index (χ4n) is 4.18. The molecule has 4 heterocycles. The fraction of sp³-hybridized carbons (Fsp3) is 0.409. The van der Waals surface area contributed by atoms with Gasteiger partial charge in [-0.15, -0.1) is 5.06 Å². The summed E-state index contributed by atoms with van der Waals surface area (Å²) in [5, 5.41) is 13.8. The van der Waals surface area contributed by atoms with Crippen LogP contribution in [-0.2, 0) is 11.4 Å². The van der Waals surface area contributed by atoms with Crippen LogP contribution < -0.4 is 15.1 Å². The number of anilines is 3. The summed E-state index contributed by atoms with van der Waals surface area (Å²) in [5.74, 6) is 1.73. The summed E-state index contributed by atoms with van der Waals surface area (Å²) in [4.78, 5) is 38.7. The second-order valence-corrected chi connectivity index (χ2v) is 8.55. The molecule has 3 aromatic rings. The molecule has 34 heavy (non-hydrogen) atoms. The lowest BCUT2D eigenvalue weighted by Crippen LogP contribution is -2.47. The van der Waals surface area contributed by atoms with Gasteiger partial charge in [-0.25, -0.2) is 14.8 Å². The van der Waals surface area contributed by atoms with Gasteiger partial charge in [-0.2, -0.15) is 9.97 Å². The first kappa shape index (κ1) is 22.4. The van der Waals surface area contributed by atoms with Gasteiger partial charge in [0.25, 0.3) is 0 Å². The third-order valence-corrected chi connectivity index (χ3v) is 6.16. The number of rotatable bonds is 6. The Hall–Kier alpha value is -3.44. The van der Waals surface area contributed by atoms with Gasteiger partial charge >= 0.3 is 6.16 Å². The minimum atomic E-state index is -1.31. The monoisotopic (exact) mass is 484 g/mol. The van der Waals surface area contributed by atoms with Gasteiger partial charge in [0.2, 0.25) is 5.95 Å². The molecule has 0 bridgehead atoms. The van der Waals surface area contributed by atoms with Crippen molar-refractivity contribution in [3.8, 4) is 0 Å². The van der Waals surface area contributed by atoms with Gasteiger partial charge in [0, 0.05) is 32.7 Å². The molecule has 178 valence electrons. The van der Waals surface area contributed by atoms with Gasteiger partial charge in [-0.05, 0) is 18.4 Å². The van der Waals surface area contributed by atoms with E-state index in [2.05, 4.69) is 15.2 Å². The second-order valence-electron chi connectivity index (χ2n) is 8.19. The number of hydroxylamine groups is 2. The van der Waals surface area contributed by atoms with Gasteiger partial charge in [-0.3, -0.25) is 0 Å². The van der Waals surface area contributed by atoms with E-state index in [0.29, 0.717) is 55.7 Å². The number of piperazine rings is 1. The molecule has 2 saturated heterocycles.